The summed E-state index contributed by atoms with van der Waals surface area (Å²) in [6.07, 6.45) is 1.77. The molecule has 0 aromatic rings. The first-order chi connectivity index (χ1) is 8.56. The van der Waals surface area contributed by atoms with E-state index in [1.165, 1.54) is 0 Å². The molecule has 0 aliphatic rings. The lowest BCUT2D eigenvalue weighted by Gasteiger charge is -2.22. The number of nitrogens with one attached hydrogen (secondary N) is 2. The molecular weight excluding hydrogens is 264 g/mol. The van der Waals surface area contributed by atoms with Crippen LogP contribution in [0.5, 0.6) is 0 Å². The lowest BCUT2D eigenvalue weighted by atomic mass is 10.2. The molecule has 0 aliphatic carbocycles. The fourth-order valence-electron chi connectivity index (χ4n) is 1.06. The minimum absolute atomic E-state index is 0.0221. The predicted molar refractivity (Wildman–Crippen MR) is 79.5 cm³/mol. The van der Waals surface area contributed by atoms with Gasteiger partial charge in [0.15, 0.2) is 0 Å². The number of rotatable bonds is 6. The highest BCUT2D eigenvalue weighted by Gasteiger charge is 2.18. The van der Waals surface area contributed by atoms with Crippen molar-refractivity contribution in [1.29, 1.82) is 0 Å². The molecule has 112 valence electrons. The molecule has 19 heavy (non-hydrogen) atoms. The second kappa shape index (κ2) is 7.62. The molecule has 0 aromatic heterocycles. The maximum Gasteiger partial charge on any atom is 0.407 e. The van der Waals surface area contributed by atoms with Gasteiger partial charge in [0, 0.05) is 24.3 Å². The van der Waals surface area contributed by atoms with Gasteiger partial charge in [-0.15, -0.1) is 0 Å². The van der Waals surface area contributed by atoms with Crippen LogP contribution in [-0.4, -0.2) is 41.7 Å². The highest BCUT2D eigenvalue weighted by atomic mass is 32.2. The summed E-state index contributed by atoms with van der Waals surface area (Å²) in [5, 5.41) is 5.40. The number of thioether (sulfide) groups is 1. The van der Waals surface area contributed by atoms with E-state index in [9.17, 15) is 9.59 Å². The van der Waals surface area contributed by atoms with Crippen LogP contribution in [0.25, 0.3) is 0 Å². The number of carbonyl (C=O) groups is 2. The van der Waals surface area contributed by atoms with Crippen molar-refractivity contribution in [3.8, 4) is 0 Å². The molecule has 2 amide bonds. The van der Waals surface area contributed by atoms with Crippen LogP contribution in [0.15, 0.2) is 0 Å². The molecule has 0 fully saturated rings. The number of carbonyl (C=O) groups excluding carboxylic acids is 2. The predicted octanol–water partition coefficient (Wildman–Crippen LogP) is 2.16. The average Bonchev–Trinajstić information content (AvgIpc) is 2.24. The molecule has 2 N–H and O–H groups in total. The van der Waals surface area contributed by atoms with E-state index in [1.54, 1.807) is 32.5 Å². The quantitative estimate of drug-likeness (QED) is 0.786. The van der Waals surface area contributed by atoms with Gasteiger partial charge >= 0.3 is 6.09 Å². The Balaban J connectivity index is 3.78. The molecule has 0 saturated carbocycles. The normalized spacial score (nSPS) is 11.9. The van der Waals surface area contributed by atoms with E-state index in [4.69, 9.17) is 4.74 Å². The standard InChI is InChI=1S/C13H26N2O3S/c1-12(2,3)18-11(17)14-8-7-10(16)15-9-13(4,5)19-6/h7-9H2,1-6H3,(H,14,17)(H,15,16). The highest BCUT2D eigenvalue weighted by Crippen LogP contribution is 2.19. The summed E-state index contributed by atoms with van der Waals surface area (Å²) in [6.45, 7) is 10.4. The van der Waals surface area contributed by atoms with Crippen molar-refractivity contribution < 1.29 is 14.3 Å². The van der Waals surface area contributed by atoms with Crippen molar-refractivity contribution in [3.63, 3.8) is 0 Å². The zero-order valence-corrected chi connectivity index (χ0v) is 13.6. The first-order valence-electron chi connectivity index (χ1n) is 6.34. The fourth-order valence-corrected chi connectivity index (χ4v) is 1.28. The Bertz CT molecular complexity index is 312. The molecule has 0 aromatic carbocycles. The van der Waals surface area contributed by atoms with Gasteiger partial charge in [-0.05, 0) is 40.9 Å². The van der Waals surface area contributed by atoms with Crippen LogP contribution in [0.2, 0.25) is 0 Å². The molecule has 0 atom stereocenters. The third-order valence-corrected chi connectivity index (χ3v) is 3.53. The first kappa shape index (κ1) is 18.1. The van der Waals surface area contributed by atoms with E-state index in [0.717, 1.165) is 0 Å². The maximum absolute atomic E-state index is 11.6. The van der Waals surface area contributed by atoms with Gasteiger partial charge in [-0.1, -0.05) is 0 Å². The molecule has 0 radical (unpaired) electrons. The maximum atomic E-state index is 11.6. The zero-order valence-electron chi connectivity index (χ0n) is 12.8. The van der Waals surface area contributed by atoms with E-state index in [2.05, 4.69) is 24.5 Å². The second-order valence-corrected chi connectivity index (χ2v) is 7.43. The van der Waals surface area contributed by atoms with Gasteiger partial charge in [-0.2, -0.15) is 11.8 Å². The van der Waals surface area contributed by atoms with E-state index in [0.29, 0.717) is 6.54 Å². The van der Waals surface area contributed by atoms with E-state index < -0.39 is 11.7 Å². The summed E-state index contributed by atoms with van der Waals surface area (Å²) < 4.78 is 5.09. The molecule has 6 heteroatoms. The molecule has 0 spiro atoms. The summed E-state index contributed by atoms with van der Waals surface area (Å²) in [5.41, 5.74) is -0.519. The molecule has 0 rings (SSSR count). The van der Waals surface area contributed by atoms with Crippen LogP contribution in [0.1, 0.15) is 41.0 Å². The Labute approximate surface area is 120 Å². The number of alkyl carbamates (subject to hydrolysis) is 1. The Morgan fingerprint density at radius 3 is 2.16 bits per heavy atom. The van der Waals surface area contributed by atoms with Gasteiger partial charge in [-0.3, -0.25) is 4.79 Å². The minimum Gasteiger partial charge on any atom is -0.444 e. The van der Waals surface area contributed by atoms with Crippen molar-refractivity contribution in [3.05, 3.63) is 0 Å². The molecule has 0 bridgehead atoms. The molecule has 0 heterocycles. The van der Waals surface area contributed by atoms with Crippen LogP contribution in [0.4, 0.5) is 4.79 Å². The molecule has 5 nitrogen and oxygen atoms in total. The Morgan fingerprint density at radius 1 is 1.11 bits per heavy atom. The summed E-state index contributed by atoms with van der Waals surface area (Å²) in [7, 11) is 0. The molecule has 0 unspecified atom stereocenters. The number of amides is 2. The van der Waals surface area contributed by atoms with Crippen LogP contribution in [-0.2, 0) is 9.53 Å². The smallest absolute Gasteiger partial charge is 0.407 e. The lowest BCUT2D eigenvalue weighted by Crippen LogP contribution is -2.38. The first-order valence-corrected chi connectivity index (χ1v) is 7.57. The Morgan fingerprint density at radius 2 is 1.68 bits per heavy atom. The minimum atomic E-state index is -0.519. The van der Waals surface area contributed by atoms with Crippen LogP contribution in [0, 0.1) is 0 Å². The summed E-state index contributed by atoms with van der Waals surface area (Å²) in [5.74, 6) is -0.0711. The summed E-state index contributed by atoms with van der Waals surface area (Å²) in [4.78, 5) is 22.9. The SMILES string of the molecule is CSC(C)(C)CNC(=O)CCNC(=O)OC(C)(C)C. The average molecular weight is 290 g/mol. The number of hydrogen-bond donors (Lipinski definition) is 2. The number of ether oxygens (including phenoxy) is 1. The highest BCUT2D eigenvalue weighted by molar-refractivity contribution is 7.99. The van der Waals surface area contributed by atoms with Crippen molar-refractivity contribution in [2.24, 2.45) is 0 Å². The Hall–Kier alpha value is -0.910. The van der Waals surface area contributed by atoms with Gasteiger partial charge in [0.25, 0.3) is 0 Å². The van der Waals surface area contributed by atoms with E-state index in [-0.39, 0.29) is 23.6 Å². The van der Waals surface area contributed by atoms with Crippen molar-refractivity contribution in [2.75, 3.05) is 19.3 Å². The summed E-state index contributed by atoms with van der Waals surface area (Å²) in [6, 6.07) is 0. The lowest BCUT2D eigenvalue weighted by molar-refractivity contribution is -0.121. The third kappa shape index (κ3) is 10.7. The van der Waals surface area contributed by atoms with Crippen molar-refractivity contribution in [2.45, 2.75) is 51.4 Å². The van der Waals surface area contributed by atoms with Gasteiger partial charge < -0.3 is 15.4 Å². The van der Waals surface area contributed by atoms with Crippen LogP contribution >= 0.6 is 11.8 Å². The molecule has 0 saturated heterocycles. The number of hydrogen-bond acceptors (Lipinski definition) is 4. The van der Waals surface area contributed by atoms with Gasteiger partial charge in [0.1, 0.15) is 5.60 Å². The zero-order chi connectivity index (χ0) is 15.1. The van der Waals surface area contributed by atoms with E-state index >= 15 is 0 Å². The monoisotopic (exact) mass is 290 g/mol. The topological polar surface area (TPSA) is 67.4 Å². The van der Waals surface area contributed by atoms with Crippen LogP contribution < -0.4 is 10.6 Å². The van der Waals surface area contributed by atoms with Gasteiger partial charge in [0.2, 0.25) is 5.91 Å². The Kier molecular flexibility index (Phi) is 7.26. The van der Waals surface area contributed by atoms with E-state index in [1.807, 2.05) is 6.26 Å². The fraction of sp³-hybridized carbons (Fsp3) is 0.846. The largest absolute Gasteiger partial charge is 0.444 e. The third-order valence-electron chi connectivity index (χ3n) is 2.28. The van der Waals surface area contributed by atoms with Crippen molar-refractivity contribution in [1.82, 2.24) is 10.6 Å². The van der Waals surface area contributed by atoms with Crippen molar-refractivity contribution >= 4 is 23.8 Å². The van der Waals surface area contributed by atoms with Crippen LogP contribution in [0.3, 0.4) is 0 Å². The molecular formula is C13H26N2O3S. The van der Waals surface area contributed by atoms with Gasteiger partial charge in [0.05, 0.1) is 0 Å². The summed E-state index contributed by atoms with van der Waals surface area (Å²) >= 11 is 1.70. The van der Waals surface area contributed by atoms with Gasteiger partial charge in [-0.25, -0.2) is 4.79 Å². The molecule has 0 aliphatic heterocycles. The second-order valence-electron chi connectivity index (χ2n) is 5.92.